The van der Waals surface area contributed by atoms with Crippen LogP contribution in [-0.2, 0) is 9.53 Å². The van der Waals surface area contributed by atoms with E-state index in [4.69, 9.17) is 9.84 Å². The van der Waals surface area contributed by atoms with Gasteiger partial charge >= 0.3 is 5.97 Å². The standard InChI is InChI=1S/C17H28O3/c1-2-3-4-5-6-9-12-15-20-16-13-10-7-8-11-14-17(18)19/h8-10,12H,2-6,11,13-16H2,1H3,(H,18,19)/b12-9-. The third-order valence-corrected chi connectivity index (χ3v) is 2.75. The number of carboxylic acids is 1. The second-order valence-electron chi connectivity index (χ2n) is 4.69. The van der Waals surface area contributed by atoms with Gasteiger partial charge in [-0.2, -0.15) is 0 Å². The van der Waals surface area contributed by atoms with Crippen LogP contribution in [0.4, 0.5) is 0 Å². The van der Waals surface area contributed by atoms with Crippen molar-refractivity contribution in [3.8, 4) is 0 Å². The van der Waals surface area contributed by atoms with Crippen LogP contribution in [0.3, 0.4) is 0 Å². The molecule has 0 fully saturated rings. The summed E-state index contributed by atoms with van der Waals surface area (Å²) in [5.74, 6) is -0.770. The van der Waals surface area contributed by atoms with Crippen molar-refractivity contribution in [2.75, 3.05) is 13.2 Å². The zero-order valence-corrected chi connectivity index (χ0v) is 12.6. The monoisotopic (exact) mass is 280 g/mol. The van der Waals surface area contributed by atoms with Gasteiger partial charge in [0.2, 0.25) is 0 Å². The fourth-order valence-electron chi connectivity index (χ4n) is 1.61. The molecule has 0 aromatic heterocycles. The number of aliphatic carboxylic acids is 1. The van der Waals surface area contributed by atoms with Gasteiger partial charge in [-0.15, -0.1) is 5.73 Å². The van der Waals surface area contributed by atoms with Crippen molar-refractivity contribution in [2.24, 2.45) is 0 Å². The van der Waals surface area contributed by atoms with Gasteiger partial charge in [0.15, 0.2) is 0 Å². The highest BCUT2D eigenvalue weighted by molar-refractivity contribution is 5.66. The van der Waals surface area contributed by atoms with E-state index in [0.717, 1.165) is 12.8 Å². The van der Waals surface area contributed by atoms with Gasteiger partial charge in [-0.05, 0) is 37.8 Å². The van der Waals surface area contributed by atoms with Crippen LogP contribution in [0, 0.1) is 0 Å². The first-order valence-electron chi connectivity index (χ1n) is 7.61. The van der Waals surface area contributed by atoms with Crippen LogP contribution in [0.2, 0.25) is 0 Å². The summed E-state index contributed by atoms with van der Waals surface area (Å²) in [6.07, 6.45) is 15.8. The summed E-state index contributed by atoms with van der Waals surface area (Å²) in [6.45, 7) is 3.57. The topological polar surface area (TPSA) is 46.5 Å². The first-order chi connectivity index (χ1) is 9.77. The highest BCUT2D eigenvalue weighted by Crippen LogP contribution is 2.02. The lowest BCUT2D eigenvalue weighted by atomic mass is 10.1. The molecule has 114 valence electrons. The molecule has 0 unspecified atom stereocenters. The predicted molar refractivity (Wildman–Crippen MR) is 82.9 cm³/mol. The maximum atomic E-state index is 10.2. The Morgan fingerprint density at radius 3 is 2.65 bits per heavy atom. The second kappa shape index (κ2) is 15.7. The summed E-state index contributed by atoms with van der Waals surface area (Å²) in [5.41, 5.74) is 2.96. The van der Waals surface area contributed by atoms with Crippen LogP contribution in [0.1, 0.15) is 58.3 Å². The Balaban J connectivity index is 3.29. The molecule has 3 nitrogen and oxygen atoms in total. The zero-order chi connectivity index (χ0) is 14.9. The molecule has 0 aliphatic heterocycles. The summed E-state index contributed by atoms with van der Waals surface area (Å²) in [4.78, 5) is 10.2. The van der Waals surface area contributed by atoms with Gasteiger partial charge in [-0.3, -0.25) is 4.79 Å². The highest BCUT2D eigenvalue weighted by atomic mass is 16.5. The Morgan fingerprint density at radius 1 is 1.10 bits per heavy atom. The molecule has 0 aromatic carbocycles. The Kier molecular flexibility index (Phi) is 14.7. The Morgan fingerprint density at radius 2 is 1.90 bits per heavy atom. The SMILES string of the molecule is CCCCCC/C=C\COCCC=C=CCCC(=O)O. The lowest BCUT2D eigenvalue weighted by Crippen LogP contribution is -1.92. The summed E-state index contributed by atoms with van der Waals surface area (Å²) in [6, 6.07) is 0. The molecule has 0 heterocycles. The molecule has 0 aliphatic rings. The van der Waals surface area contributed by atoms with Crippen molar-refractivity contribution in [3.05, 3.63) is 30.0 Å². The van der Waals surface area contributed by atoms with E-state index in [0.29, 0.717) is 19.6 Å². The average molecular weight is 280 g/mol. The molecule has 0 aliphatic carbocycles. The normalized spacial score (nSPS) is 10.4. The molecule has 0 saturated heterocycles. The van der Waals surface area contributed by atoms with E-state index < -0.39 is 5.97 Å². The molecule has 0 rings (SSSR count). The second-order valence-corrected chi connectivity index (χ2v) is 4.69. The van der Waals surface area contributed by atoms with E-state index >= 15 is 0 Å². The lowest BCUT2D eigenvalue weighted by Gasteiger charge is -1.97. The van der Waals surface area contributed by atoms with E-state index in [9.17, 15) is 4.79 Å². The van der Waals surface area contributed by atoms with Crippen molar-refractivity contribution in [3.63, 3.8) is 0 Å². The Bertz CT molecular complexity index is 312. The van der Waals surface area contributed by atoms with Gasteiger partial charge in [0, 0.05) is 6.42 Å². The molecule has 0 aromatic rings. The van der Waals surface area contributed by atoms with Crippen molar-refractivity contribution in [1.82, 2.24) is 0 Å². The highest BCUT2D eigenvalue weighted by Gasteiger charge is 1.90. The minimum atomic E-state index is -0.770. The molecular formula is C17H28O3. The number of hydrogen-bond acceptors (Lipinski definition) is 2. The Labute approximate surface area is 123 Å². The van der Waals surface area contributed by atoms with E-state index in [-0.39, 0.29) is 6.42 Å². The largest absolute Gasteiger partial charge is 0.481 e. The molecule has 0 radical (unpaired) electrons. The quantitative estimate of drug-likeness (QED) is 0.307. The van der Waals surface area contributed by atoms with E-state index in [2.05, 4.69) is 24.8 Å². The molecule has 0 amide bonds. The molecule has 20 heavy (non-hydrogen) atoms. The zero-order valence-electron chi connectivity index (χ0n) is 12.6. The van der Waals surface area contributed by atoms with Gasteiger partial charge in [-0.25, -0.2) is 0 Å². The summed E-state index contributed by atoms with van der Waals surface area (Å²) >= 11 is 0. The van der Waals surface area contributed by atoms with Gasteiger partial charge < -0.3 is 9.84 Å². The molecule has 3 heteroatoms. The van der Waals surface area contributed by atoms with Gasteiger partial charge in [0.25, 0.3) is 0 Å². The fourth-order valence-corrected chi connectivity index (χ4v) is 1.61. The van der Waals surface area contributed by atoms with Crippen LogP contribution in [0.15, 0.2) is 30.0 Å². The third-order valence-electron chi connectivity index (χ3n) is 2.75. The first-order valence-corrected chi connectivity index (χ1v) is 7.61. The number of hydrogen-bond donors (Lipinski definition) is 1. The summed E-state index contributed by atoms with van der Waals surface area (Å²) < 4.78 is 5.44. The molecule has 0 spiro atoms. The maximum absolute atomic E-state index is 10.2. The Hall–Kier alpha value is -1.31. The summed E-state index contributed by atoms with van der Waals surface area (Å²) in [5, 5.41) is 8.43. The van der Waals surface area contributed by atoms with Crippen LogP contribution in [0.5, 0.6) is 0 Å². The number of rotatable bonds is 13. The van der Waals surface area contributed by atoms with E-state index in [1.165, 1.54) is 25.7 Å². The van der Waals surface area contributed by atoms with E-state index in [1.807, 2.05) is 6.08 Å². The number of ether oxygens (including phenoxy) is 1. The minimum Gasteiger partial charge on any atom is -0.481 e. The van der Waals surface area contributed by atoms with Crippen LogP contribution in [0.25, 0.3) is 0 Å². The molecule has 0 atom stereocenters. The van der Waals surface area contributed by atoms with Crippen LogP contribution < -0.4 is 0 Å². The smallest absolute Gasteiger partial charge is 0.303 e. The fraction of sp³-hybridized carbons (Fsp3) is 0.647. The van der Waals surface area contributed by atoms with Crippen LogP contribution >= 0.6 is 0 Å². The maximum Gasteiger partial charge on any atom is 0.303 e. The number of carbonyl (C=O) groups is 1. The molecular weight excluding hydrogens is 252 g/mol. The van der Waals surface area contributed by atoms with Gasteiger partial charge in [-0.1, -0.05) is 38.3 Å². The number of unbranched alkanes of at least 4 members (excludes halogenated alkanes) is 4. The number of carboxylic acid groups (broad SMARTS) is 1. The number of allylic oxidation sites excluding steroid dienone is 1. The molecule has 0 bridgehead atoms. The van der Waals surface area contributed by atoms with Crippen molar-refractivity contribution in [2.45, 2.75) is 58.3 Å². The average Bonchev–Trinajstić information content (AvgIpc) is 2.43. The first kappa shape index (κ1) is 18.7. The van der Waals surface area contributed by atoms with Crippen molar-refractivity contribution >= 4 is 5.97 Å². The predicted octanol–water partition coefficient (Wildman–Crippen LogP) is 4.50. The van der Waals surface area contributed by atoms with Crippen LogP contribution in [-0.4, -0.2) is 24.3 Å². The van der Waals surface area contributed by atoms with Gasteiger partial charge in [0.1, 0.15) is 0 Å². The lowest BCUT2D eigenvalue weighted by molar-refractivity contribution is -0.136. The van der Waals surface area contributed by atoms with Gasteiger partial charge in [0.05, 0.1) is 13.2 Å². The molecule has 1 N–H and O–H groups in total. The van der Waals surface area contributed by atoms with E-state index in [1.54, 1.807) is 6.08 Å². The van der Waals surface area contributed by atoms with Crippen molar-refractivity contribution in [1.29, 1.82) is 0 Å². The molecule has 0 saturated carbocycles. The minimum absolute atomic E-state index is 0.167. The van der Waals surface area contributed by atoms with Crippen molar-refractivity contribution < 1.29 is 14.6 Å². The third kappa shape index (κ3) is 16.7. The summed E-state index contributed by atoms with van der Waals surface area (Å²) in [7, 11) is 0.